The molecule has 1 aliphatic rings. The van der Waals surface area contributed by atoms with E-state index in [0.29, 0.717) is 23.3 Å². The molecule has 4 heterocycles. The Labute approximate surface area is 211 Å². The van der Waals surface area contributed by atoms with Gasteiger partial charge in [0, 0.05) is 47.7 Å². The van der Waals surface area contributed by atoms with Gasteiger partial charge in [0.15, 0.2) is 0 Å². The second-order valence-corrected chi connectivity index (χ2v) is 10.0. The van der Waals surface area contributed by atoms with Gasteiger partial charge < -0.3 is 20.3 Å². The largest absolute Gasteiger partial charge is 0.405 e. The Bertz CT molecular complexity index is 1410. The third-order valence-electron chi connectivity index (χ3n) is 5.88. The summed E-state index contributed by atoms with van der Waals surface area (Å²) in [6.45, 7) is 5.61. The molecule has 0 aliphatic carbocycles. The van der Waals surface area contributed by atoms with Crippen LogP contribution in [0.15, 0.2) is 24.3 Å². The number of carbonyl (C=O) groups is 1. The molecule has 35 heavy (non-hydrogen) atoms. The van der Waals surface area contributed by atoms with Gasteiger partial charge in [0.05, 0.1) is 11.2 Å². The number of thiophene rings is 1. The van der Waals surface area contributed by atoms with Gasteiger partial charge in [-0.05, 0) is 43.1 Å². The van der Waals surface area contributed by atoms with E-state index in [9.17, 15) is 4.79 Å². The lowest BCUT2D eigenvalue weighted by Gasteiger charge is -2.17. The van der Waals surface area contributed by atoms with Gasteiger partial charge in [-0.1, -0.05) is 19.8 Å². The maximum Gasteiger partial charge on any atom is 0.329 e. The van der Waals surface area contributed by atoms with Crippen LogP contribution in [0.25, 0.3) is 21.0 Å². The molecule has 0 spiro atoms. The standard InChI is InChI=1S/C24H26ClN7O2S/c1-4-5-6-11-32(3)23-29-22(25)30-24(31-23)34-17-10-7-14-15(28-17)8-9-16-18(14)19-20(35-16)21(33)27-13(2)12-26-19/h7-10,13,26H,4-6,11-12H2,1-3H3,(H,27,33)/t13-/m1/s1. The van der Waals surface area contributed by atoms with E-state index in [1.807, 2.05) is 37.1 Å². The first kappa shape index (κ1) is 23.5. The summed E-state index contributed by atoms with van der Waals surface area (Å²) in [5, 5.41) is 8.44. The number of rotatable bonds is 7. The molecular formula is C24H26ClN7O2S. The first-order valence-electron chi connectivity index (χ1n) is 11.6. The van der Waals surface area contributed by atoms with Crippen LogP contribution < -0.4 is 20.3 Å². The predicted molar refractivity (Wildman–Crippen MR) is 140 cm³/mol. The Balaban J connectivity index is 1.46. The molecule has 0 saturated heterocycles. The number of pyridine rings is 1. The van der Waals surface area contributed by atoms with Crippen molar-refractivity contribution in [3.8, 4) is 11.9 Å². The summed E-state index contributed by atoms with van der Waals surface area (Å²) in [4.78, 5) is 32.7. The molecule has 0 unspecified atom stereocenters. The van der Waals surface area contributed by atoms with Crippen LogP contribution in [-0.4, -0.2) is 52.0 Å². The molecule has 0 radical (unpaired) electrons. The van der Waals surface area contributed by atoms with Crippen molar-refractivity contribution in [2.45, 2.75) is 39.2 Å². The van der Waals surface area contributed by atoms with Gasteiger partial charge in [-0.2, -0.15) is 15.0 Å². The van der Waals surface area contributed by atoms with Crippen LogP contribution in [-0.2, 0) is 0 Å². The minimum Gasteiger partial charge on any atom is -0.405 e. The number of unbranched alkanes of at least 4 members (excludes halogenated alkanes) is 2. The topological polar surface area (TPSA) is 105 Å². The summed E-state index contributed by atoms with van der Waals surface area (Å²) in [7, 11) is 1.92. The molecule has 1 aliphatic heterocycles. The fourth-order valence-corrected chi connectivity index (χ4v) is 5.34. The van der Waals surface area contributed by atoms with Gasteiger partial charge in [-0.3, -0.25) is 4.79 Å². The number of aromatic nitrogens is 4. The van der Waals surface area contributed by atoms with E-state index in [1.165, 1.54) is 11.3 Å². The second kappa shape index (κ2) is 9.79. The quantitative estimate of drug-likeness (QED) is 0.324. The average molecular weight is 512 g/mol. The van der Waals surface area contributed by atoms with Crippen molar-refractivity contribution in [1.29, 1.82) is 0 Å². The molecular weight excluding hydrogens is 486 g/mol. The maximum atomic E-state index is 12.6. The van der Waals surface area contributed by atoms with E-state index < -0.39 is 0 Å². The minimum atomic E-state index is -0.0538. The zero-order chi connectivity index (χ0) is 24.5. The summed E-state index contributed by atoms with van der Waals surface area (Å²) >= 11 is 7.62. The van der Waals surface area contributed by atoms with Gasteiger partial charge >= 0.3 is 6.01 Å². The Kier molecular flexibility index (Phi) is 6.57. The summed E-state index contributed by atoms with van der Waals surface area (Å²) in [5.74, 6) is 0.749. The summed E-state index contributed by atoms with van der Waals surface area (Å²) in [6, 6.07) is 7.76. The van der Waals surface area contributed by atoms with Crippen LogP contribution >= 0.6 is 22.9 Å². The number of anilines is 2. The van der Waals surface area contributed by atoms with E-state index in [1.54, 1.807) is 6.07 Å². The molecule has 11 heteroatoms. The van der Waals surface area contributed by atoms with Crippen LogP contribution in [0.4, 0.5) is 11.6 Å². The van der Waals surface area contributed by atoms with Gasteiger partial charge in [0.2, 0.25) is 17.1 Å². The van der Waals surface area contributed by atoms with Gasteiger partial charge in [0.1, 0.15) is 4.88 Å². The van der Waals surface area contributed by atoms with Crippen LogP contribution in [0.2, 0.25) is 5.28 Å². The predicted octanol–water partition coefficient (Wildman–Crippen LogP) is 5.25. The number of hydrogen-bond donors (Lipinski definition) is 2. The van der Waals surface area contributed by atoms with Crippen molar-refractivity contribution in [3.05, 3.63) is 34.4 Å². The molecule has 182 valence electrons. The highest BCUT2D eigenvalue weighted by atomic mass is 35.5. The van der Waals surface area contributed by atoms with Gasteiger partial charge in [-0.25, -0.2) is 4.98 Å². The van der Waals surface area contributed by atoms with Crippen molar-refractivity contribution in [3.63, 3.8) is 0 Å². The number of ether oxygens (including phenoxy) is 1. The summed E-state index contributed by atoms with van der Waals surface area (Å²) in [6.07, 6.45) is 3.30. The zero-order valence-electron chi connectivity index (χ0n) is 19.8. The van der Waals surface area contributed by atoms with Crippen molar-refractivity contribution in [2.75, 3.05) is 30.4 Å². The first-order chi connectivity index (χ1) is 16.9. The molecule has 5 rings (SSSR count). The van der Waals surface area contributed by atoms with Crippen molar-refractivity contribution in [2.24, 2.45) is 0 Å². The normalized spacial score (nSPS) is 15.4. The van der Waals surface area contributed by atoms with Gasteiger partial charge in [0.25, 0.3) is 5.91 Å². The Hall–Kier alpha value is -3.24. The molecule has 3 aromatic heterocycles. The van der Waals surface area contributed by atoms with E-state index in [4.69, 9.17) is 16.3 Å². The third-order valence-corrected chi connectivity index (χ3v) is 7.20. The molecule has 9 nitrogen and oxygen atoms in total. The smallest absolute Gasteiger partial charge is 0.329 e. The molecule has 1 aromatic carbocycles. The number of halogens is 1. The molecule has 0 fully saturated rings. The zero-order valence-corrected chi connectivity index (χ0v) is 21.3. The highest BCUT2D eigenvalue weighted by Gasteiger charge is 2.25. The Morgan fingerprint density at radius 2 is 2.03 bits per heavy atom. The van der Waals surface area contributed by atoms with Crippen LogP contribution in [0.1, 0.15) is 42.8 Å². The number of benzene rings is 1. The minimum absolute atomic E-state index is 0.0491. The number of amides is 1. The van der Waals surface area contributed by atoms with Crippen molar-refractivity contribution in [1.82, 2.24) is 25.3 Å². The number of nitrogens with zero attached hydrogens (tertiary/aromatic N) is 5. The monoisotopic (exact) mass is 511 g/mol. The fraction of sp³-hybridized carbons (Fsp3) is 0.375. The highest BCUT2D eigenvalue weighted by molar-refractivity contribution is 7.21. The van der Waals surface area contributed by atoms with E-state index in [2.05, 4.69) is 37.5 Å². The van der Waals surface area contributed by atoms with Crippen molar-refractivity contribution < 1.29 is 9.53 Å². The Morgan fingerprint density at radius 1 is 1.17 bits per heavy atom. The lowest BCUT2D eigenvalue weighted by molar-refractivity contribution is 0.0949. The number of hydrogen-bond acceptors (Lipinski definition) is 9. The molecule has 0 saturated carbocycles. The lowest BCUT2D eigenvalue weighted by Crippen LogP contribution is -2.34. The number of nitrogens with one attached hydrogen (secondary N) is 2. The maximum absolute atomic E-state index is 12.6. The summed E-state index contributed by atoms with van der Waals surface area (Å²) in [5.41, 5.74) is 1.60. The second-order valence-electron chi connectivity index (χ2n) is 8.63. The summed E-state index contributed by atoms with van der Waals surface area (Å²) < 4.78 is 6.90. The average Bonchev–Trinajstić information content (AvgIpc) is 3.15. The number of carbonyl (C=O) groups excluding carboxylic acids is 1. The highest BCUT2D eigenvalue weighted by Crippen LogP contribution is 2.41. The Morgan fingerprint density at radius 3 is 2.86 bits per heavy atom. The van der Waals surface area contributed by atoms with Crippen molar-refractivity contribution >= 4 is 61.5 Å². The lowest BCUT2D eigenvalue weighted by atomic mass is 10.1. The fourth-order valence-electron chi connectivity index (χ4n) is 4.09. The van der Waals surface area contributed by atoms with Crippen LogP contribution in [0, 0.1) is 0 Å². The van der Waals surface area contributed by atoms with E-state index in [-0.39, 0.29) is 23.2 Å². The van der Waals surface area contributed by atoms with Crippen LogP contribution in [0.3, 0.4) is 0 Å². The van der Waals surface area contributed by atoms with Crippen LogP contribution in [0.5, 0.6) is 11.9 Å². The third kappa shape index (κ3) is 4.81. The number of fused-ring (bicyclic) bond motifs is 5. The molecule has 1 atom stereocenters. The van der Waals surface area contributed by atoms with Gasteiger partial charge in [-0.15, -0.1) is 11.3 Å². The van der Waals surface area contributed by atoms with E-state index >= 15 is 0 Å². The first-order valence-corrected chi connectivity index (χ1v) is 12.8. The molecule has 0 bridgehead atoms. The van der Waals surface area contributed by atoms with E-state index in [0.717, 1.165) is 52.5 Å². The SMILES string of the molecule is CCCCCN(C)c1nc(Cl)nc(Oc2ccc3c(ccc4sc5c(c43)NC[C@@H](C)NC5=O)n2)n1. The molecule has 1 amide bonds. The molecule has 2 N–H and O–H groups in total. The molecule has 4 aromatic rings.